The van der Waals surface area contributed by atoms with Gasteiger partial charge in [-0.15, -0.1) is 0 Å². The summed E-state index contributed by atoms with van der Waals surface area (Å²) in [4.78, 5) is 17.9. The van der Waals surface area contributed by atoms with Crippen LogP contribution in [0.3, 0.4) is 0 Å². The van der Waals surface area contributed by atoms with Gasteiger partial charge in [-0.05, 0) is 30.3 Å². The fourth-order valence-corrected chi connectivity index (χ4v) is 1.69. The van der Waals surface area contributed by atoms with Crippen LogP contribution in [0.15, 0.2) is 42.6 Å². The molecule has 0 spiro atoms. The minimum atomic E-state index is -0.169. The molecule has 19 heavy (non-hydrogen) atoms. The van der Waals surface area contributed by atoms with Gasteiger partial charge in [-0.1, -0.05) is 6.07 Å². The van der Waals surface area contributed by atoms with Gasteiger partial charge in [0.1, 0.15) is 11.6 Å². The molecule has 0 aliphatic heterocycles. The lowest BCUT2D eigenvalue weighted by atomic mass is 10.1. The molecule has 5 heteroatoms. The Labute approximate surface area is 111 Å². The Bertz CT molecular complexity index is 584. The topological polar surface area (TPSA) is 68.5 Å². The van der Waals surface area contributed by atoms with Gasteiger partial charge >= 0.3 is 0 Å². The molecule has 1 aromatic carbocycles. The Balaban J connectivity index is 2.29. The Kier molecular flexibility index (Phi) is 3.66. The fourth-order valence-electron chi connectivity index (χ4n) is 1.69. The summed E-state index contributed by atoms with van der Waals surface area (Å²) in [5, 5.41) is 0. The lowest BCUT2D eigenvalue weighted by Crippen LogP contribution is -2.27. The maximum Gasteiger partial charge on any atom is 0.259 e. The van der Waals surface area contributed by atoms with Crippen LogP contribution in [0, 0.1) is 0 Å². The molecule has 0 aliphatic rings. The number of carbonyl (C=O) groups is 1. The average molecular weight is 257 g/mol. The van der Waals surface area contributed by atoms with E-state index in [0.717, 1.165) is 0 Å². The third-order valence-corrected chi connectivity index (χ3v) is 2.78. The standard InChI is InChI=1S/C14H15N3O2/c1-17(13-5-3-4-8-16-13)14(18)10-6-7-11(15)12(9-10)19-2/h3-9H,15H2,1-2H3. The van der Waals surface area contributed by atoms with Gasteiger partial charge in [0.2, 0.25) is 0 Å². The Morgan fingerprint density at radius 1 is 1.32 bits per heavy atom. The van der Waals surface area contributed by atoms with E-state index in [1.165, 1.54) is 12.0 Å². The summed E-state index contributed by atoms with van der Waals surface area (Å²) >= 11 is 0. The normalized spacial score (nSPS) is 10.0. The summed E-state index contributed by atoms with van der Waals surface area (Å²) in [5.74, 6) is 0.903. The SMILES string of the molecule is COc1cc(C(=O)N(C)c2ccccn2)ccc1N. The number of pyridine rings is 1. The average Bonchev–Trinajstić information content (AvgIpc) is 2.47. The molecule has 2 rings (SSSR count). The van der Waals surface area contributed by atoms with Crippen molar-refractivity contribution in [2.45, 2.75) is 0 Å². The molecule has 0 fully saturated rings. The van der Waals surface area contributed by atoms with Crippen molar-refractivity contribution in [1.29, 1.82) is 0 Å². The van der Waals surface area contributed by atoms with Crippen LogP contribution in [-0.4, -0.2) is 25.0 Å². The predicted molar refractivity (Wildman–Crippen MR) is 74.4 cm³/mol. The van der Waals surface area contributed by atoms with Crippen LogP contribution in [-0.2, 0) is 0 Å². The Hall–Kier alpha value is -2.56. The molecule has 1 aromatic heterocycles. The van der Waals surface area contributed by atoms with Crippen LogP contribution in [0.2, 0.25) is 0 Å². The van der Waals surface area contributed by atoms with E-state index in [1.54, 1.807) is 43.6 Å². The monoisotopic (exact) mass is 257 g/mol. The highest BCUT2D eigenvalue weighted by atomic mass is 16.5. The molecule has 0 radical (unpaired) electrons. The second-order valence-corrected chi connectivity index (χ2v) is 4.01. The van der Waals surface area contributed by atoms with Crippen LogP contribution in [0.1, 0.15) is 10.4 Å². The zero-order valence-corrected chi connectivity index (χ0v) is 10.8. The van der Waals surface area contributed by atoms with Crippen LogP contribution >= 0.6 is 0 Å². The summed E-state index contributed by atoms with van der Waals surface area (Å²) in [5.41, 5.74) is 6.72. The molecular weight excluding hydrogens is 242 g/mol. The summed E-state index contributed by atoms with van der Waals surface area (Å²) in [7, 11) is 3.19. The molecule has 2 aromatic rings. The van der Waals surface area contributed by atoms with E-state index in [9.17, 15) is 4.79 Å². The first-order valence-corrected chi connectivity index (χ1v) is 5.76. The van der Waals surface area contributed by atoms with Gasteiger partial charge in [-0.2, -0.15) is 0 Å². The highest BCUT2D eigenvalue weighted by Crippen LogP contribution is 2.23. The van der Waals surface area contributed by atoms with Crippen molar-refractivity contribution in [3.63, 3.8) is 0 Å². The molecule has 2 N–H and O–H groups in total. The van der Waals surface area contributed by atoms with E-state index in [2.05, 4.69) is 4.98 Å². The van der Waals surface area contributed by atoms with Crippen LogP contribution in [0.25, 0.3) is 0 Å². The van der Waals surface area contributed by atoms with Gasteiger partial charge in [0.15, 0.2) is 0 Å². The van der Waals surface area contributed by atoms with Crippen molar-refractivity contribution in [1.82, 2.24) is 4.98 Å². The smallest absolute Gasteiger partial charge is 0.259 e. The van der Waals surface area contributed by atoms with Crippen molar-refractivity contribution >= 4 is 17.4 Å². The van der Waals surface area contributed by atoms with Gasteiger partial charge in [0, 0.05) is 18.8 Å². The van der Waals surface area contributed by atoms with Gasteiger partial charge in [-0.25, -0.2) is 4.98 Å². The molecular formula is C14H15N3O2. The molecule has 0 aliphatic carbocycles. The zero-order valence-electron chi connectivity index (χ0n) is 10.8. The number of hydrogen-bond donors (Lipinski definition) is 1. The second-order valence-electron chi connectivity index (χ2n) is 4.01. The van der Waals surface area contributed by atoms with Crippen molar-refractivity contribution in [3.05, 3.63) is 48.2 Å². The molecule has 5 nitrogen and oxygen atoms in total. The van der Waals surface area contributed by atoms with Crippen molar-refractivity contribution < 1.29 is 9.53 Å². The number of hydrogen-bond acceptors (Lipinski definition) is 4. The quantitative estimate of drug-likeness (QED) is 0.853. The molecule has 1 heterocycles. The summed E-state index contributed by atoms with van der Waals surface area (Å²) in [6.45, 7) is 0. The van der Waals surface area contributed by atoms with Gasteiger partial charge < -0.3 is 10.5 Å². The number of rotatable bonds is 3. The highest BCUT2D eigenvalue weighted by molar-refractivity contribution is 6.05. The van der Waals surface area contributed by atoms with Crippen LogP contribution in [0.5, 0.6) is 5.75 Å². The van der Waals surface area contributed by atoms with E-state index in [1.807, 2.05) is 6.07 Å². The summed E-state index contributed by atoms with van der Waals surface area (Å²) < 4.78 is 5.11. The highest BCUT2D eigenvalue weighted by Gasteiger charge is 2.15. The van der Waals surface area contributed by atoms with Gasteiger partial charge in [0.05, 0.1) is 12.8 Å². The minimum absolute atomic E-state index is 0.169. The minimum Gasteiger partial charge on any atom is -0.495 e. The lowest BCUT2D eigenvalue weighted by molar-refractivity contribution is 0.0992. The number of nitrogens with zero attached hydrogens (tertiary/aromatic N) is 2. The van der Waals surface area contributed by atoms with Crippen molar-refractivity contribution in [2.24, 2.45) is 0 Å². The van der Waals surface area contributed by atoms with E-state index in [-0.39, 0.29) is 5.91 Å². The fraction of sp³-hybridized carbons (Fsp3) is 0.143. The van der Waals surface area contributed by atoms with Crippen LogP contribution < -0.4 is 15.4 Å². The number of amides is 1. The lowest BCUT2D eigenvalue weighted by Gasteiger charge is -2.16. The van der Waals surface area contributed by atoms with E-state index in [4.69, 9.17) is 10.5 Å². The first-order chi connectivity index (χ1) is 9.13. The Morgan fingerprint density at radius 2 is 2.11 bits per heavy atom. The Morgan fingerprint density at radius 3 is 2.74 bits per heavy atom. The molecule has 1 amide bonds. The number of nitrogens with two attached hydrogens (primary N) is 1. The van der Waals surface area contributed by atoms with Gasteiger partial charge in [0.25, 0.3) is 5.91 Å². The predicted octanol–water partition coefficient (Wildman–Crippen LogP) is 1.95. The number of carbonyl (C=O) groups excluding carboxylic acids is 1. The van der Waals surface area contributed by atoms with Crippen molar-refractivity contribution in [3.8, 4) is 5.75 Å². The molecule has 0 bridgehead atoms. The number of anilines is 2. The third-order valence-electron chi connectivity index (χ3n) is 2.78. The number of benzene rings is 1. The molecule has 0 saturated carbocycles. The van der Waals surface area contributed by atoms with Crippen LogP contribution in [0.4, 0.5) is 11.5 Å². The molecule has 98 valence electrons. The number of methoxy groups -OCH3 is 1. The number of aromatic nitrogens is 1. The first kappa shape index (κ1) is 12.9. The first-order valence-electron chi connectivity index (χ1n) is 5.76. The maximum absolute atomic E-state index is 12.3. The number of nitrogen functional groups attached to an aromatic ring is 1. The van der Waals surface area contributed by atoms with Crippen molar-refractivity contribution in [2.75, 3.05) is 24.8 Å². The largest absolute Gasteiger partial charge is 0.495 e. The third kappa shape index (κ3) is 2.65. The van der Waals surface area contributed by atoms with E-state index in [0.29, 0.717) is 22.8 Å². The zero-order chi connectivity index (χ0) is 13.8. The van der Waals surface area contributed by atoms with Gasteiger partial charge in [-0.3, -0.25) is 9.69 Å². The molecule has 0 saturated heterocycles. The summed E-state index contributed by atoms with van der Waals surface area (Å²) in [6, 6.07) is 10.3. The molecule has 0 unspecified atom stereocenters. The second kappa shape index (κ2) is 5.39. The van der Waals surface area contributed by atoms with E-state index < -0.39 is 0 Å². The maximum atomic E-state index is 12.3. The summed E-state index contributed by atoms with van der Waals surface area (Å²) in [6.07, 6.45) is 1.64. The number of ether oxygens (including phenoxy) is 1. The van der Waals surface area contributed by atoms with E-state index >= 15 is 0 Å². The molecule has 0 atom stereocenters.